The Morgan fingerprint density at radius 1 is 1.73 bits per heavy atom. The number of hydrogen-bond donors (Lipinski definition) is 0. The van der Waals surface area contributed by atoms with Gasteiger partial charge in [-0.2, -0.15) is 0 Å². The van der Waals surface area contributed by atoms with Crippen molar-refractivity contribution in [3.8, 4) is 0 Å². The standard InChI is InChI=1S/C8H11BrO2/c1-5(9)6-7(11-4-10)8(6,2)3/h4,6-7H,1H2,2-3H3. The van der Waals surface area contributed by atoms with E-state index in [4.69, 9.17) is 4.74 Å². The van der Waals surface area contributed by atoms with Gasteiger partial charge in [0.15, 0.2) is 0 Å². The SMILES string of the molecule is C=C(Br)C1C(OC=O)C1(C)C. The van der Waals surface area contributed by atoms with Crippen molar-refractivity contribution in [1.82, 2.24) is 0 Å². The first kappa shape index (κ1) is 8.78. The molecule has 1 saturated carbocycles. The Balaban J connectivity index is 2.60. The molecule has 0 aromatic carbocycles. The molecule has 0 N–H and O–H groups in total. The molecule has 1 aliphatic rings. The van der Waals surface area contributed by atoms with Gasteiger partial charge in [-0.1, -0.05) is 36.4 Å². The van der Waals surface area contributed by atoms with Crippen molar-refractivity contribution in [2.45, 2.75) is 20.0 Å². The summed E-state index contributed by atoms with van der Waals surface area (Å²) >= 11 is 3.30. The van der Waals surface area contributed by atoms with Crippen LogP contribution in [-0.2, 0) is 9.53 Å². The molecule has 0 bridgehead atoms. The van der Waals surface area contributed by atoms with Gasteiger partial charge < -0.3 is 4.74 Å². The van der Waals surface area contributed by atoms with Crippen molar-refractivity contribution in [3.05, 3.63) is 11.1 Å². The summed E-state index contributed by atoms with van der Waals surface area (Å²) in [6.45, 7) is 8.38. The Morgan fingerprint density at radius 2 is 2.27 bits per heavy atom. The molecule has 0 spiro atoms. The zero-order chi connectivity index (χ0) is 8.65. The maximum absolute atomic E-state index is 10.0. The molecule has 2 nitrogen and oxygen atoms in total. The normalized spacial score (nSPS) is 32.6. The van der Waals surface area contributed by atoms with Gasteiger partial charge in [-0.25, -0.2) is 0 Å². The summed E-state index contributed by atoms with van der Waals surface area (Å²) in [4.78, 5) is 10.0. The van der Waals surface area contributed by atoms with E-state index in [0.717, 1.165) is 4.48 Å². The third-order valence-electron chi connectivity index (χ3n) is 2.27. The average Bonchev–Trinajstić information content (AvgIpc) is 2.35. The van der Waals surface area contributed by atoms with Crippen LogP contribution >= 0.6 is 15.9 Å². The predicted octanol–water partition coefficient (Wildman–Crippen LogP) is 2.09. The first-order valence-electron chi connectivity index (χ1n) is 3.45. The highest BCUT2D eigenvalue weighted by atomic mass is 79.9. The summed E-state index contributed by atoms with van der Waals surface area (Å²) in [7, 11) is 0. The van der Waals surface area contributed by atoms with E-state index >= 15 is 0 Å². The maximum atomic E-state index is 10.0. The van der Waals surface area contributed by atoms with Crippen molar-refractivity contribution in [2.75, 3.05) is 0 Å². The van der Waals surface area contributed by atoms with Crippen molar-refractivity contribution in [1.29, 1.82) is 0 Å². The van der Waals surface area contributed by atoms with Gasteiger partial charge in [0.2, 0.25) is 0 Å². The first-order chi connectivity index (χ1) is 5.01. The van der Waals surface area contributed by atoms with Gasteiger partial charge in [0, 0.05) is 11.3 Å². The summed E-state index contributed by atoms with van der Waals surface area (Å²) in [5.41, 5.74) is 0.0570. The quantitative estimate of drug-likeness (QED) is 0.679. The molecular weight excluding hydrogens is 208 g/mol. The van der Waals surface area contributed by atoms with E-state index < -0.39 is 0 Å². The number of carbonyl (C=O) groups is 1. The molecule has 0 aromatic heterocycles. The molecule has 0 amide bonds. The fourth-order valence-electron chi connectivity index (χ4n) is 1.47. The Labute approximate surface area is 74.7 Å². The number of rotatable bonds is 3. The van der Waals surface area contributed by atoms with Crippen molar-refractivity contribution in [3.63, 3.8) is 0 Å². The van der Waals surface area contributed by atoms with Crippen LogP contribution in [0.15, 0.2) is 11.1 Å². The molecule has 0 heterocycles. The lowest BCUT2D eigenvalue weighted by molar-refractivity contribution is -0.130. The molecule has 3 heteroatoms. The molecule has 11 heavy (non-hydrogen) atoms. The molecule has 2 unspecified atom stereocenters. The molecule has 2 atom stereocenters. The lowest BCUT2D eigenvalue weighted by Crippen LogP contribution is -1.98. The van der Waals surface area contributed by atoms with Crippen molar-refractivity contribution >= 4 is 22.4 Å². The topological polar surface area (TPSA) is 26.3 Å². The zero-order valence-electron chi connectivity index (χ0n) is 6.63. The van der Waals surface area contributed by atoms with Crippen molar-refractivity contribution < 1.29 is 9.53 Å². The van der Waals surface area contributed by atoms with E-state index in [2.05, 4.69) is 36.4 Å². The second-order valence-corrected chi connectivity index (χ2v) is 4.42. The van der Waals surface area contributed by atoms with Gasteiger partial charge in [-0.05, 0) is 4.48 Å². The number of hydrogen-bond acceptors (Lipinski definition) is 2. The monoisotopic (exact) mass is 218 g/mol. The van der Waals surface area contributed by atoms with Gasteiger partial charge in [0.05, 0.1) is 0 Å². The van der Waals surface area contributed by atoms with Crippen LogP contribution in [0, 0.1) is 11.3 Å². The number of carbonyl (C=O) groups excluding carboxylic acids is 1. The summed E-state index contributed by atoms with van der Waals surface area (Å²) in [6, 6.07) is 0. The first-order valence-corrected chi connectivity index (χ1v) is 4.24. The highest BCUT2D eigenvalue weighted by Gasteiger charge is 2.61. The van der Waals surface area contributed by atoms with Crippen LogP contribution in [0.1, 0.15) is 13.8 Å². The maximum Gasteiger partial charge on any atom is 0.293 e. The van der Waals surface area contributed by atoms with E-state index in [1.54, 1.807) is 0 Å². The third-order valence-corrected chi connectivity index (χ3v) is 2.76. The minimum atomic E-state index is 0.00637. The van der Waals surface area contributed by atoms with Gasteiger partial charge in [0.25, 0.3) is 6.47 Å². The summed E-state index contributed by atoms with van der Waals surface area (Å²) in [5.74, 6) is 0.271. The molecule has 0 aliphatic heterocycles. The van der Waals surface area contributed by atoms with Gasteiger partial charge in [-0.3, -0.25) is 4.79 Å². The summed E-state index contributed by atoms with van der Waals surface area (Å²) in [5, 5.41) is 0. The minimum absolute atomic E-state index is 0.00637. The molecule has 0 saturated heterocycles. The molecular formula is C8H11BrO2. The van der Waals surface area contributed by atoms with Crippen LogP contribution in [0.2, 0.25) is 0 Å². The Morgan fingerprint density at radius 3 is 2.55 bits per heavy atom. The van der Waals surface area contributed by atoms with Crippen LogP contribution < -0.4 is 0 Å². The van der Waals surface area contributed by atoms with Crippen LogP contribution in [0.4, 0.5) is 0 Å². The number of halogens is 1. The van der Waals surface area contributed by atoms with Gasteiger partial charge in [-0.15, -0.1) is 0 Å². The van der Waals surface area contributed by atoms with Crippen LogP contribution in [-0.4, -0.2) is 12.6 Å². The molecule has 1 fully saturated rings. The Hall–Kier alpha value is -0.310. The molecule has 1 aliphatic carbocycles. The number of ether oxygens (including phenoxy) is 1. The van der Waals surface area contributed by atoms with Crippen LogP contribution in [0.25, 0.3) is 0 Å². The second-order valence-electron chi connectivity index (χ2n) is 3.40. The van der Waals surface area contributed by atoms with Crippen LogP contribution in [0.3, 0.4) is 0 Å². The molecule has 0 aromatic rings. The van der Waals surface area contributed by atoms with Gasteiger partial charge >= 0.3 is 0 Å². The average molecular weight is 219 g/mol. The second kappa shape index (κ2) is 2.63. The smallest absolute Gasteiger partial charge is 0.293 e. The molecule has 0 radical (unpaired) electrons. The van der Waals surface area contributed by atoms with E-state index in [1.165, 1.54) is 0 Å². The Bertz CT molecular complexity index is 198. The van der Waals surface area contributed by atoms with E-state index in [-0.39, 0.29) is 17.4 Å². The van der Waals surface area contributed by atoms with Gasteiger partial charge in [0.1, 0.15) is 6.10 Å². The molecule has 1 rings (SSSR count). The zero-order valence-corrected chi connectivity index (χ0v) is 8.22. The van der Waals surface area contributed by atoms with E-state index in [1.807, 2.05) is 0 Å². The van der Waals surface area contributed by atoms with E-state index in [9.17, 15) is 4.79 Å². The highest BCUT2D eigenvalue weighted by Crippen LogP contribution is 2.58. The minimum Gasteiger partial charge on any atom is -0.463 e. The fourth-order valence-corrected chi connectivity index (χ4v) is 2.30. The summed E-state index contributed by atoms with van der Waals surface area (Å²) < 4.78 is 5.78. The highest BCUT2D eigenvalue weighted by molar-refractivity contribution is 9.11. The largest absolute Gasteiger partial charge is 0.463 e. The third kappa shape index (κ3) is 1.34. The fraction of sp³-hybridized carbons (Fsp3) is 0.625. The van der Waals surface area contributed by atoms with Crippen molar-refractivity contribution in [2.24, 2.45) is 11.3 Å². The lowest BCUT2D eigenvalue weighted by Gasteiger charge is -1.97. The van der Waals surface area contributed by atoms with Crippen LogP contribution in [0.5, 0.6) is 0 Å². The molecule has 62 valence electrons. The predicted molar refractivity (Wildman–Crippen MR) is 46.3 cm³/mol. The lowest BCUT2D eigenvalue weighted by atomic mass is 10.1. The Kier molecular flexibility index (Phi) is 2.10. The van der Waals surface area contributed by atoms with E-state index in [0.29, 0.717) is 6.47 Å². The summed E-state index contributed by atoms with van der Waals surface area (Å²) in [6.07, 6.45) is 0.00637.